The first-order valence-electron chi connectivity index (χ1n) is 9.66. The van der Waals surface area contributed by atoms with Gasteiger partial charge < -0.3 is 20.9 Å². The van der Waals surface area contributed by atoms with E-state index < -0.39 is 0 Å². The zero-order valence-electron chi connectivity index (χ0n) is 15.8. The third-order valence-corrected chi connectivity index (χ3v) is 4.56. The summed E-state index contributed by atoms with van der Waals surface area (Å²) < 4.78 is 0. The van der Waals surface area contributed by atoms with E-state index >= 15 is 0 Å². The SMILES string of the molecule is CCCN1CCC(NC(=NC)NCCCCNc2ccccn2)CC1. The Morgan fingerprint density at radius 1 is 1.24 bits per heavy atom. The summed E-state index contributed by atoms with van der Waals surface area (Å²) >= 11 is 0. The van der Waals surface area contributed by atoms with E-state index in [0.717, 1.165) is 37.7 Å². The van der Waals surface area contributed by atoms with Gasteiger partial charge in [0.2, 0.25) is 0 Å². The highest BCUT2D eigenvalue weighted by atomic mass is 15.2. The van der Waals surface area contributed by atoms with Gasteiger partial charge in [-0.05, 0) is 50.8 Å². The van der Waals surface area contributed by atoms with Crippen LogP contribution >= 0.6 is 0 Å². The molecule has 0 unspecified atom stereocenters. The van der Waals surface area contributed by atoms with Gasteiger partial charge in [-0.25, -0.2) is 4.98 Å². The molecule has 0 spiro atoms. The number of pyridine rings is 1. The number of aliphatic imine (C=N–C) groups is 1. The van der Waals surface area contributed by atoms with Gasteiger partial charge in [-0.1, -0.05) is 13.0 Å². The Bertz CT molecular complexity index is 482. The van der Waals surface area contributed by atoms with Gasteiger partial charge in [0, 0.05) is 45.5 Å². The molecule has 0 radical (unpaired) electrons. The highest BCUT2D eigenvalue weighted by molar-refractivity contribution is 5.79. The number of anilines is 1. The largest absolute Gasteiger partial charge is 0.370 e. The number of hydrogen-bond donors (Lipinski definition) is 3. The lowest BCUT2D eigenvalue weighted by atomic mass is 10.1. The number of guanidine groups is 1. The van der Waals surface area contributed by atoms with Crippen LogP contribution in [-0.2, 0) is 0 Å². The summed E-state index contributed by atoms with van der Waals surface area (Å²) in [6.07, 6.45) is 7.68. The molecule has 0 bridgehead atoms. The Hall–Kier alpha value is -1.82. The molecule has 2 heterocycles. The van der Waals surface area contributed by atoms with Gasteiger partial charge in [0.25, 0.3) is 0 Å². The molecule has 2 rings (SSSR count). The summed E-state index contributed by atoms with van der Waals surface area (Å²) in [5, 5.41) is 10.3. The minimum atomic E-state index is 0.546. The first-order chi connectivity index (χ1) is 12.3. The predicted octanol–water partition coefficient (Wildman–Crippen LogP) is 2.31. The summed E-state index contributed by atoms with van der Waals surface area (Å²) in [7, 11) is 1.85. The van der Waals surface area contributed by atoms with Crippen LogP contribution in [0, 0.1) is 0 Å². The van der Waals surface area contributed by atoms with Crippen LogP contribution in [-0.4, -0.2) is 61.7 Å². The maximum atomic E-state index is 4.36. The van der Waals surface area contributed by atoms with Crippen LogP contribution in [0.4, 0.5) is 5.82 Å². The molecule has 1 aliphatic rings. The number of aromatic nitrogens is 1. The molecule has 0 aromatic carbocycles. The quantitative estimate of drug-likeness (QED) is 0.364. The molecular weight excluding hydrogens is 312 g/mol. The number of nitrogens with zero attached hydrogens (tertiary/aromatic N) is 3. The molecule has 1 aromatic heterocycles. The fraction of sp³-hybridized carbons (Fsp3) is 0.684. The van der Waals surface area contributed by atoms with Crippen LogP contribution in [0.25, 0.3) is 0 Å². The van der Waals surface area contributed by atoms with Crippen LogP contribution in [0.1, 0.15) is 39.0 Å². The summed E-state index contributed by atoms with van der Waals surface area (Å²) in [6.45, 7) is 7.76. The van der Waals surface area contributed by atoms with E-state index in [2.05, 4.69) is 37.8 Å². The lowest BCUT2D eigenvalue weighted by Crippen LogP contribution is -2.48. The molecule has 6 heteroatoms. The van der Waals surface area contributed by atoms with Gasteiger partial charge in [-0.15, -0.1) is 0 Å². The summed E-state index contributed by atoms with van der Waals surface area (Å²) in [5.74, 6) is 1.88. The molecule has 1 fully saturated rings. The Morgan fingerprint density at radius 2 is 2.04 bits per heavy atom. The minimum Gasteiger partial charge on any atom is -0.370 e. The molecular formula is C19H34N6. The van der Waals surface area contributed by atoms with E-state index in [1.54, 1.807) is 0 Å². The minimum absolute atomic E-state index is 0.546. The lowest BCUT2D eigenvalue weighted by Gasteiger charge is -2.32. The molecule has 6 nitrogen and oxygen atoms in total. The first-order valence-corrected chi connectivity index (χ1v) is 9.66. The summed E-state index contributed by atoms with van der Waals surface area (Å²) in [5.41, 5.74) is 0. The van der Waals surface area contributed by atoms with E-state index in [-0.39, 0.29) is 0 Å². The van der Waals surface area contributed by atoms with E-state index in [1.807, 2.05) is 31.4 Å². The molecule has 140 valence electrons. The maximum Gasteiger partial charge on any atom is 0.191 e. The molecule has 1 aliphatic heterocycles. The number of unbranched alkanes of at least 4 members (excludes halogenated alkanes) is 1. The van der Waals surface area contributed by atoms with Crippen LogP contribution in [0.2, 0.25) is 0 Å². The standard InChI is InChI=1S/C19H34N6/c1-3-14-25-15-9-17(10-16-25)24-19(20-2)23-13-7-6-12-22-18-8-4-5-11-21-18/h4-5,8,11,17H,3,6-7,9-10,12-16H2,1-2H3,(H,21,22)(H2,20,23,24). The van der Waals surface area contributed by atoms with Crippen molar-refractivity contribution in [2.24, 2.45) is 4.99 Å². The maximum absolute atomic E-state index is 4.36. The highest BCUT2D eigenvalue weighted by Crippen LogP contribution is 2.10. The molecule has 3 N–H and O–H groups in total. The first kappa shape index (κ1) is 19.5. The average Bonchev–Trinajstić information content (AvgIpc) is 2.66. The van der Waals surface area contributed by atoms with Crippen LogP contribution in [0.15, 0.2) is 29.4 Å². The lowest BCUT2D eigenvalue weighted by molar-refractivity contribution is 0.206. The van der Waals surface area contributed by atoms with Crippen molar-refractivity contribution in [3.8, 4) is 0 Å². The number of rotatable bonds is 9. The van der Waals surface area contributed by atoms with E-state index in [9.17, 15) is 0 Å². The van der Waals surface area contributed by atoms with Crippen molar-refractivity contribution in [3.05, 3.63) is 24.4 Å². The second-order valence-corrected chi connectivity index (χ2v) is 6.61. The van der Waals surface area contributed by atoms with Crippen molar-refractivity contribution >= 4 is 11.8 Å². The number of likely N-dealkylation sites (tertiary alicyclic amines) is 1. The van der Waals surface area contributed by atoms with Crippen molar-refractivity contribution in [2.75, 3.05) is 45.1 Å². The monoisotopic (exact) mass is 346 g/mol. The molecule has 25 heavy (non-hydrogen) atoms. The van der Waals surface area contributed by atoms with Crippen molar-refractivity contribution in [1.29, 1.82) is 0 Å². The number of hydrogen-bond acceptors (Lipinski definition) is 4. The van der Waals surface area contributed by atoms with E-state index in [1.165, 1.54) is 38.9 Å². The smallest absolute Gasteiger partial charge is 0.191 e. The predicted molar refractivity (Wildman–Crippen MR) is 106 cm³/mol. The number of nitrogens with one attached hydrogen (secondary N) is 3. The molecule has 0 atom stereocenters. The summed E-state index contributed by atoms with van der Waals surface area (Å²) in [4.78, 5) is 11.2. The van der Waals surface area contributed by atoms with Crippen molar-refractivity contribution in [1.82, 2.24) is 20.5 Å². The molecule has 1 aromatic rings. The van der Waals surface area contributed by atoms with Gasteiger partial charge >= 0.3 is 0 Å². The van der Waals surface area contributed by atoms with Crippen LogP contribution in [0.5, 0.6) is 0 Å². The van der Waals surface area contributed by atoms with Crippen molar-refractivity contribution in [2.45, 2.75) is 45.1 Å². The molecule has 0 saturated carbocycles. The van der Waals surface area contributed by atoms with Gasteiger partial charge in [0.1, 0.15) is 5.82 Å². The second kappa shape index (κ2) is 11.7. The zero-order valence-corrected chi connectivity index (χ0v) is 15.8. The fourth-order valence-electron chi connectivity index (χ4n) is 3.15. The van der Waals surface area contributed by atoms with Crippen LogP contribution in [0.3, 0.4) is 0 Å². The Balaban J connectivity index is 1.53. The second-order valence-electron chi connectivity index (χ2n) is 6.61. The topological polar surface area (TPSA) is 64.6 Å². The molecule has 0 amide bonds. The highest BCUT2D eigenvalue weighted by Gasteiger charge is 2.19. The average molecular weight is 347 g/mol. The summed E-state index contributed by atoms with van der Waals surface area (Å²) in [6, 6.07) is 6.47. The Labute approximate surface area is 152 Å². The fourth-order valence-corrected chi connectivity index (χ4v) is 3.15. The normalized spacial score (nSPS) is 16.6. The number of piperidine rings is 1. The van der Waals surface area contributed by atoms with E-state index in [4.69, 9.17) is 0 Å². The third-order valence-electron chi connectivity index (χ3n) is 4.56. The Morgan fingerprint density at radius 3 is 2.72 bits per heavy atom. The van der Waals surface area contributed by atoms with Crippen molar-refractivity contribution < 1.29 is 0 Å². The van der Waals surface area contributed by atoms with Crippen LogP contribution < -0.4 is 16.0 Å². The van der Waals surface area contributed by atoms with E-state index in [0.29, 0.717) is 6.04 Å². The van der Waals surface area contributed by atoms with Gasteiger partial charge in [0.15, 0.2) is 5.96 Å². The van der Waals surface area contributed by atoms with Gasteiger partial charge in [-0.3, -0.25) is 4.99 Å². The van der Waals surface area contributed by atoms with Gasteiger partial charge in [-0.2, -0.15) is 0 Å². The molecule has 1 saturated heterocycles. The third kappa shape index (κ3) is 7.73. The van der Waals surface area contributed by atoms with Crippen molar-refractivity contribution in [3.63, 3.8) is 0 Å². The molecule has 0 aliphatic carbocycles. The van der Waals surface area contributed by atoms with Gasteiger partial charge in [0.05, 0.1) is 0 Å². The zero-order chi connectivity index (χ0) is 17.7. The Kier molecular flexibility index (Phi) is 9.12.